The van der Waals surface area contributed by atoms with Crippen LogP contribution in [0.25, 0.3) is 17.2 Å². The maximum absolute atomic E-state index is 12.8. The highest BCUT2D eigenvalue weighted by Crippen LogP contribution is 2.40. The number of carbonyl (C=O) groups excluding carboxylic acids is 1. The van der Waals surface area contributed by atoms with Crippen LogP contribution in [0.1, 0.15) is 40.7 Å². The predicted molar refractivity (Wildman–Crippen MR) is 97.3 cm³/mol. The lowest BCUT2D eigenvalue weighted by molar-refractivity contribution is 0.0787. The summed E-state index contributed by atoms with van der Waals surface area (Å²) in [6.07, 6.45) is 3.94. The molecule has 0 saturated heterocycles. The number of benzene rings is 1. The van der Waals surface area contributed by atoms with Crippen LogP contribution in [0.3, 0.4) is 0 Å². The molecule has 2 aromatic heterocycles. The molecule has 0 spiro atoms. The molecule has 0 bridgehead atoms. The van der Waals surface area contributed by atoms with Crippen LogP contribution in [-0.2, 0) is 6.54 Å². The van der Waals surface area contributed by atoms with E-state index in [0.29, 0.717) is 35.4 Å². The zero-order valence-electron chi connectivity index (χ0n) is 13.4. The maximum Gasteiger partial charge on any atom is 0.257 e. The molecule has 7 nitrogen and oxygen atoms in total. The second-order valence-corrected chi connectivity index (χ2v) is 7.60. The molecule has 0 radical (unpaired) electrons. The van der Waals surface area contributed by atoms with Crippen LogP contribution in [0.15, 0.2) is 29.0 Å². The van der Waals surface area contributed by atoms with Crippen LogP contribution in [0.2, 0.25) is 0 Å². The quantitative estimate of drug-likeness (QED) is 0.565. The number of nitrogens with zero attached hydrogens (tertiary/aromatic N) is 5. The minimum Gasteiger partial charge on any atom is -0.339 e. The SMILES string of the molecule is CN1Cc2c(-c3noc(C4CC4)n3)ncn2-c2cccc(I)c2C1=O. The lowest BCUT2D eigenvalue weighted by Gasteiger charge is -2.15. The second-order valence-electron chi connectivity index (χ2n) is 6.44. The molecule has 0 N–H and O–H groups in total. The number of aromatic nitrogens is 4. The van der Waals surface area contributed by atoms with E-state index in [2.05, 4.69) is 37.7 Å². The Labute approximate surface area is 157 Å². The first-order valence-corrected chi connectivity index (χ1v) is 9.16. The molecule has 1 aromatic carbocycles. The van der Waals surface area contributed by atoms with Gasteiger partial charge in [-0.15, -0.1) is 0 Å². The molecule has 8 heteroatoms. The van der Waals surface area contributed by atoms with E-state index < -0.39 is 0 Å². The minimum absolute atomic E-state index is 0.00133. The maximum atomic E-state index is 12.8. The van der Waals surface area contributed by atoms with Gasteiger partial charge in [0.1, 0.15) is 12.0 Å². The summed E-state index contributed by atoms with van der Waals surface area (Å²) < 4.78 is 8.26. The molecule has 25 heavy (non-hydrogen) atoms. The van der Waals surface area contributed by atoms with Crippen LogP contribution in [-0.4, -0.2) is 37.5 Å². The fraction of sp³-hybridized carbons (Fsp3) is 0.294. The fourth-order valence-corrected chi connectivity index (χ4v) is 3.87. The summed E-state index contributed by atoms with van der Waals surface area (Å²) >= 11 is 2.20. The van der Waals surface area contributed by atoms with E-state index >= 15 is 0 Å². The van der Waals surface area contributed by atoms with Crippen molar-refractivity contribution in [2.24, 2.45) is 0 Å². The number of fused-ring (bicyclic) bond motifs is 3. The molecule has 1 fully saturated rings. The van der Waals surface area contributed by atoms with Gasteiger partial charge in [0.15, 0.2) is 0 Å². The molecule has 1 aliphatic carbocycles. The van der Waals surface area contributed by atoms with E-state index in [1.54, 1.807) is 18.3 Å². The molecule has 3 heterocycles. The Morgan fingerprint density at radius 1 is 1.32 bits per heavy atom. The van der Waals surface area contributed by atoms with Crippen molar-refractivity contribution < 1.29 is 9.32 Å². The first-order chi connectivity index (χ1) is 12.1. The van der Waals surface area contributed by atoms with E-state index in [4.69, 9.17) is 4.52 Å². The third-order valence-corrected chi connectivity index (χ3v) is 5.54. The number of hydrogen-bond donors (Lipinski definition) is 0. The van der Waals surface area contributed by atoms with Gasteiger partial charge in [0.25, 0.3) is 5.91 Å². The Balaban J connectivity index is 1.69. The van der Waals surface area contributed by atoms with Crippen molar-refractivity contribution >= 4 is 28.5 Å². The summed E-state index contributed by atoms with van der Waals surface area (Å²) in [5.74, 6) is 1.57. The van der Waals surface area contributed by atoms with E-state index in [-0.39, 0.29) is 5.91 Å². The number of amides is 1. The molecule has 126 valence electrons. The van der Waals surface area contributed by atoms with Gasteiger partial charge in [0, 0.05) is 16.5 Å². The highest BCUT2D eigenvalue weighted by molar-refractivity contribution is 14.1. The number of halogens is 1. The summed E-state index contributed by atoms with van der Waals surface area (Å²) in [6.45, 7) is 0.437. The summed E-state index contributed by atoms with van der Waals surface area (Å²) in [4.78, 5) is 23.6. The van der Waals surface area contributed by atoms with Crippen molar-refractivity contribution in [3.8, 4) is 17.2 Å². The summed E-state index contributed by atoms with van der Waals surface area (Å²) in [7, 11) is 1.80. The topological polar surface area (TPSA) is 77.1 Å². The van der Waals surface area contributed by atoms with Crippen LogP contribution in [0.4, 0.5) is 0 Å². The zero-order valence-corrected chi connectivity index (χ0v) is 15.6. The summed E-state index contributed by atoms with van der Waals surface area (Å²) in [5.41, 5.74) is 3.09. The summed E-state index contributed by atoms with van der Waals surface area (Å²) in [5, 5.41) is 4.11. The lowest BCUT2D eigenvalue weighted by Crippen LogP contribution is -2.25. The lowest BCUT2D eigenvalue weighted by atomic mass is 10.1. The van der Waals surface area contributed by atoms with Gasteiger partial charge in [-0.3, -0.25) is 9.36 Å². The van der Waals surface area contributed by atoms with Crippen LogP contribution < -0.4 is 0 Å². The predicted octanol–water partition coefficient (Wildman–Crippen LogP) is 2.99. The van der Waals surface area contributed by atoms with Gasteiger partial charge in [-0.25, -0.2) is 4.98 Å². The van der Waals surface area contributed by atoms with Crippen molar-refractivity contribution in [1.82, 2.24) is 24.6 Å². The molecule has 1 amide bonds. The Bertz CT molecular complexity index is 1000. The minimum atomic E-state index is 0.00133. The average molecular weight is 447 g/mol. The van der Waals surface area contributed by atoms with Gasteiger partial charge >= 0.3 is 0 Å². The van der Waals surface area contributed by atoms with Crippen molar-refractivity contribution in [3.05, 3.63) is 45.2 Å². The number of carbonyl (C=O) groups is 1. The molecule has 0 unspecified atom stereocenters. The van der Waals surface area contributed by atoms with Crippen molar-refractivity contribution in [3.63, 3.8) is 0 Å². The Morgan fingerprint density at radius 2 is 2.16 bits per heavy atom. The van der Waals surface area contributed by atoms with E-state index in [1.165, 1.54) is 0 Å². The largest absolute Gasteiger partial charge is 0.339 e. The molecule has 1 aliphatic heterocycles. The van der Waals surface area contributed by atoms with Crippen molar-refractivity contribution in [2.45, 2.75) is 25.3 Å². The normalized spacial score (nSPS) is 16.6. The first-order valence-electron chi connectivity index (χ1n) is 8.08. The third-order valence-electron chi connectivity index (χ3n) is 4.65. The zero-order chi connectivity index (χ0) is 17.1. The van der Waals surface area contributed by atoms with Gasteiger partial charge in [0.2, 0.25) is 11.7 Å². The van der Waals surface area contributed by atoms with Gasteiger partial charge < -0.3 is 9.42 Å². The Kier molecular flexibility index (Phi) is 3.24. The van der Waals surface area contributed by atoms with Crippen LogP contribution >= 0.6 is 22.6 Å². The fourth-order valence-electron chi connectivity index (χ4n) is 3.16. The molecule has 5 rings (SSSR count). The monoisotopic (exact) mass is 447 g/mol. The van der Waals surface area contributed by atoms with Crippen LogP contribution in [0.5, 0.6) is 0 Å². The first kappa shape index (κ1) is 15.1. The third kappa shape index (κ3) is 2.30. The highest BCUT2D eigenvalue weighted by Gasteiger charge is 2.32. The molecule has 2 aliphatic rings. The van der Waals surface area contributed by atoms with Crippen molar-refractivity contribution in [2.75, 3.05) is 7.05 Å². The van der Waals surface area contributed by atoms with Gasteiger partial charge in [0.05, 0.1) is 23.5 Å². The Hall–Kier alpha value is -2.23. The summed E-state index contributed by atoms with van der Waals surface area (Å²) in [6, 6.07) is 5.83. The van der Waals surface area contributed by atoms with E-state index in [0.717, 1.165) is 27.8 Å². The van der Waals surface area contributed by atoms with Crippen molar-refractivity contribution in [1.29, 1.82) is 0 Å². The van der Waals surface area contributed by atoms with E-state index in [1.807, 2.05) is 22.8 Å². The molecule has 0 atom stereocenters. The molecule has 3 aromatic rings. The standard InChI is InChI=1S/C17H14IN5O2/c1-22-7-12-14(15-20-16(25-21-15)9-5-6-9)19-8-23(12)11-4-2-3-10(18)13(11)17(22)24/h2-4,8-9H,5-7H2,1H3. The number of hydrogen-bond acceptors (Lipinski definition) is 5. The van der Waals surface area contributed by atoms with Gasteiger partial charge in [-0.05, 0) is 47.6 Å². The Morgan fingerprint density at radius 3 is 2.96 bits per heavy atom. The average Bonchev–Trinajstić information content (AvgIpc) is 3.22. The molecule has 1 saturated carbocycles. The highest BCUT2D eigenvalue weighted by atomic mass is 127. The molecular formula is C17H14IN5O2. The van der Waals surface area contributed by atoms with Gasteiger partial charge in [-0.2, -0.15) is 4.98 Å². The van der Waals surface area contributed by atoms with E-state index in [9.17, 15) is 4.79 Å². The number of rotatable bonds is 2. The molecular weight excluding hydrogens is 433 g/mol. The van der Waals surface area contributed by atoms with Gasteiger partial charge in [-0.1, -0.05) is 11.2 Å². The van der Waals surface area contributed by atoms with Crippen LogP contribution in [0, 0.1) is 3.57 Å². The smallest absolute Gasteiger partial charge is 0.257 e. The number of imidazole rings is 1. The second kappa shape index (κ2) is 5.38.